The van der Waals surface area contributed by atoms with Gasteiger partial charge in [0.15, 0.2) is 0 Å². The first kappa shape index (κ1) is 19.7. The van der Waals surface area contributed by atoms with Crippen molar-refractivity contribution in [1.29, 1.82) is 0 Å². The van der Waals surface area contributed by atoms with E-state index in [9.17, 15) is 9.59 Å². The number of aryl methyl sites for hydroxylation is 2. The Morgan fingerprint density at radius 3 is 2.59 bits per heavy atom. The Morgan fingerprint density at radius 2 is 1.90 bits per heavy atom. The molecule has 5 heteroatoms. The van der Waals surface area contributed by atoms with E-state index >= 15 is 0 Å². The van der Waals surface area contributed by atoms with Crippen molar-refractivity contribution in [2.75, 3.05) is 6.54 Å². The van der Waals surface area contributed by atoms with E-state index in [0.29, 0.717) is 12.1 Å². The van der Waals surface area contributed by atoms with Gasteiger partial charge in [0.05, 0.1) is 17.4 Å². The molecule has 1 saturated carbocycles. The molecule has 1 amide bonds. The number of hydrogen-bond acceptors (Lipinski definition) is 3. The normalized spacial score (nSPS) is 17.4. The minimum absolute atomic E-state index is 0.0771. The van der Waals surface area contributed by atoms with Crippen LogP contribution in [-0.2, 0) is 27.8 Å². The molecule has 0 radical (unpaired) electrons. The van der Waals surface area contributed by atoms with Crippen LogP contribution in [0.4, 0.5) is 0 Å². The monoisotopic (exact) mass is 394 g/mol. The van der Waals surface area contributed by atoms with E-state index in [1.807, 2.05) is 27.0 Å². The Bertz CT molecular complexity index is 993. The van der Waals surface area contributed by atoms with Gasteiger partial charge in [0.25, 0.3) is 0 Å². The van der Waals surface area contributed by atoms with Crippen molar-refractivity contribution in [3.8, 4) is 0 Å². The molecule has 2 aromatic rings. The van der Waals surface area contributed by atoms with Gasteiger partial charge in [-0.15, -0.1) is 0 Å². The Kier molecular flexibility index (Phi) is 5.24. The van der Waals surface area contributed by atoms with Gasteiger partial charge >= 0.3 is 5.97 Å². The van der Waals surface area contributed by atoms with Crippen LogP contribution in [0.25, 0.3) is 16.5 Å². The third kappa shape index (κ3) is 3.47. The molecule has 4 rings (SSSR count). The highest BCUT2D eigenvalue weighted by Crippen LogP contribution is 2.36. The van der Waals surface area contributed by atoms with Gasteiger partial charge in [-0.3, -0.25) is 4.79 Å². The zero-order chi connectivity index (χ0) is 20.7. The largest absolute Gasteiger partial charge is 0.459 e. The summed E-state index contributed by atoms with van der Waals surface area (Å²) in [5, 5.41) is 1.18. The second-order valence-electron chi connectivity index (χ2n) is 8.62. The van der Waals surface area contributed by atoms with Crippen LogP contribution in [0.1, 0.15) is 56.4 Å². The molecule has 0 unspecified atom stereocenters. The Labute approximate surface area is 172 Å². The minimum atomic E-state index is -0.365. The molecule has 0 saturated heterocycles. The van der Waals surface area contributed by atoms with Crippen molar-refractivity contribution >= 4 is 28.4 Å². The second kappa shape index (κ2) is 7.69. The van der Waals surface area contributed by atoms with Gasteiger partial charge in [-0.25, -0.2) is 4.79 Å². The van der Waals surface area contributed by atoms with Gasteiger partial charge in [0.1, 0.15) is 0 Å². The summed E-state index contributed by atoms with van der Waals surface area (Å²) in [6, 6.07) is 6.23. The number of carbonyl (C=O) groups is 2. The van der Waals surface area contributed by atoms with E-state index in [2.05, 4.69) is 23.6 Å². The lowest BCUT2D eigenvalue weighted by molar-refractivity contribution is -0.140. The second-order valence-corrected chi connectivity index (χ2v) is 8.62. The van der Waals surface area contributed by atoms with Crippen LogP contribution in [0.2, 0.25) is 0 Å². The summed E-state index contributed by atoms with van der Waals surface area (Å²) in [5.74, 6) is -0.143. The Morgan fingerprint density at radius 1 is 1.17 bits per heavy atom. The first-order chi connectivity index (χ1) is 13.9. The molecule has 0 N–H and O–H groups in total. The summed E-state index contributed by atoms with van der Waals surface area (Å²) >= 11 is 0. The van der Waals surface area contributed by atoms with Crippen molar-refractivity contribution < 1.29 is 14.3 Å². The maximum Gasteiger partial charge on any atom is 0.342 e. The van der Waals surface area contributed by atoms with Gasteiger partial charge < -0.3 is 14.2 Å². The molecule has 0 bridgehead atoms. The summed E-state index contributed by atoms with van der Waals surface area (Å²) < 4.78 is 7.66. The first-order valence-electron chi connectivity index (χ1n) is 10.7. The topological polar surface area (TPSA) is 51.5 Å². The molecule has 1 aliphatic carbocycles. The highest BCUT2D eigenvalue weighted by atomic mass is 16.5. The van der Waals surface area contributed by atoms with Crippen molar-refractivity contribution in [3.63, 3.8) is 0 Å². The van der Waals surface area contributed by atoms with Crippen LogP contribution >= 0.6 is 0 Å². The highest BCUT2D eigenvalue weighted by Gasteiger charge is 2.32. The molecule has 2 heterocycles. The quantitative estimate of drug-likeness (QED) is 0.727. The molecule has 0 spiro atoms. The fraction of sp³-hybridized carbons (Fsp3) is 0.500. The number of esters is 1. The van der Waals surface area contributed by atoms with E-state index < -0.39 is 0 Å². The summed E-state index contributed by atoms with van der Waals surface area (Å²) in [6.07, 6.45) is 6.38. The predicted octanol–water partition coefficient (Wildman–Crippen LogP) is 4.35. The van der Waals surface area contributed by atoms with Gasteiger partial charge in [-0.2, -0.15) is 0 Å². The van der Waals surface area contributed by atoms with Crippen molar-refractivity contribution in [3.05, 3.63) is 41.2 Å². The van der Waals surface area contributed by atoms with E-state index in [1.165, 1.54) is 10.9 Å². The fourth-order valence-corrected chi connectivity index (χ4v) is 4.87. The minimum Gasteiger partial charge on any atom is -0.459 e. The molecule has 1 aromatic heterocycles. The molecule has 0 atom stereocenters. The number of benzene rings is 1. The lowest BCUT2D eigenvalue weighted by Crippen LogP contribution is -2.32. The summed E-state index contributed by atoms with van der Waals surface area (Å²) in [7, 11) is 1.99. The maximum absolute atomic E-state index is 13.2. The average molecular weight is 395 g/mol. The number of hydrogen-bond donors (Lipinski definition) is 0. The highest BCUT2D eigenvalue weighted by molar-refractivity contribution is 6.18. The van der Waals surface area contributed by atoms with Gasteiger partial charge in [-0.1, -0.05) is 25.0 Å². The van der Waals surface area contributed by atoms with Crippen LogP contribution in [-0.4, -0.2) is 34.0 Å². The summed E-state index contributed by atoms with van der Waals surface area (Å²) in [4.78, 5) is 28.0. The van der Waals surface area contributed by atoms with E-state index in [1.54, 1.807) is 11.1 Å². The van der Waals surface area contributed by atoms with Gasteiger partial charge in [0.2, 0.25) is 5.91 Å². The van der Waals surface area contributed by atoms with Crippen molar-refractivity contribution in [2.45, 2.75) is 59.0 Å². The predicted molar refractivity (Wildman–Crippen MR) is 114 cm³/mol. The Balaban J connectivity index is 1.85. The average Bonchev–Trinajstić information content (AvgIpc) is 3.24. The van der Waals surface area contributed by atoms with Crippen molar-refractivity contribution in [1.82, 2.24) is 9.47 Å². The first-order valence-corrected chi connectivity index (χ1v) is 10.7. The van der Waals surface area contributed by atoms with Crippen LogP contribution in [0, 0.1) is 12.8 Å². The summed E-state index contributed by atoms with van der Waals surface area (Å²) in [5.41, 5.74) is 4.78. The Hall–Kier alpha value is -2.56. The van der Waals surface area contributed by atoms with Crippen LogP contribution in [0.15, 0.2) is 24.4 Å². The third-order valence-corrected chi connectivity index (χ3v) is 6.23. The maximum atomic E-state index is 13.2. The van der Waals surface area contributed by atoms with Gasteiger partial charge in [0, 0.05) is 36.6 Å². The zero-order valence-electron chi connectivity index (χ0n) is 17.8. The molecule has 29 heavy (non-hydrogen) atoms. The number of rotatable bonds is 3. The van der Waals surface area contributed by atoms with Crippen LogP contribution in [0.5, 0.6) is 0 Å². The van der Waals surface area contributed by atoms with Crippen LogP contribution in [0.3, 0.4) is 0 Å². The number of carbonyl (C=O) groups excluding carboxylic acids is 2. The summed E-state index contributed by atoms with van der Waals surface area (Å²) in [6.45, 7) is 6.39. The molecule has 1 fully saturated rings. The number of ether oxygens (including phenoxy) is 1. The molecule has 1 aromatic carbocycles. The molecule has 2 aliphatic rings. The van der Waals surface area contributed by atoms with Crippen molar-refractivity contribution in [2.24, 2.45) is 13.0 Å². The lowest BCUT2D eigenvalue weighted by atomic mass is 10.0. The molecule has 154 valence electrons. The molecule has 5 nitrogen and oxygen atoms in total. The number of aromatic nitrogens is 1. The molecular weight excluding hydrogens is 364 g/mol. The zero-order valence-corrected chi connectivity index (χ0v) is 17.8. The molecular formula is C24H30N2O3. The smallest absolute Gasteiger partial charge is 0.342 e. The number of nitrogens with zero attached hydrogens (tertiary/aromatic N) is 2. The molecule has 1 aliphatic heterocycles. The van der Waals surface area contributed by atoms with E-state index in [0.717, 1.165) is 48.9 Å². The standard InChI is InChI=1S/C24H30N2O3/c1-15(2)29-24(28)19-14-26(23(27)17-9-5-6-10-17)13-12-18-21-16(3)8-7-11-20(21)25(4)22(18)19/h7-8,11,14-15,17H,5-6,9-10,12-13H2,1-4H3. The van der Waals surface area contributed by atoms with Crippen LogP contribution < -0.4 is 0 Å². The third-order valence-electron chi connectivity index (χ3n) is 6.23. The fourth-order valence-electron chi connectivity index (χ4n) is 4.87. The van der Waals surface area contributed by atoms with Gasteiger partial charge in [-0.05, 0) is 57.2 Å². The number of fused-ring (bicyclic) bond motifs is 3. The number of amides is 1. The lowest BCUT2D eigenvalue weighted by Gasteiger charge is -2.22. The SMILES string of the molecule is Cc1cccc2c1c1c(n2C)C(C(=O)OC(C)C)=CN(C(=O)C2CCCC2)CC1. The van der Waals surface area contributed by atoms with E-state index in [4.69, 9.17) is 4.74 Å². The van der Waals surface area contributed by atoms with E-state index in [-0.39, 0.29) is 23.9 Å².